The van der Waals surface area contributed by atoms with Gasteiger partial charge in [0.2, 0.25) is 0 Å². The van der Waals surface area contributed by atoms with Crippen LogP contribution in [0.25, 0.3) is 0 Å². The molecular formula is C15H16. The fourth-order valence-electron chi connectivity index (χ4n) is 5.86. The minimum Gasteiger partial charge on any atom is -0.0620 e. The molecule has 0 amide bonds. The number of fused-ring (bicyclic) bond motifs is 3. The number of rotatable bonds is 0. The van der Waals surface area contributed by atoms with Crippen molar-refractivity contribution in [3.05, 3.63) is 35.4 Å². The van der Waals surface area contributed by atoms with Crippen LogP contribution < -0.4 is 0 Å². The molecule has 1 aromatic carbocycles. The molecule has 76 valence electrons. The van der Waals surface area contributed by atoms with Crippen molar-refractivity contribution < 1.29 is 0 Å². The first-order valence-corrected chi connectivity index (χ1v) is 6.51. The van der Waals surface area contributed by atoms with E-state index in [0.717, 1.165) is 29.1 Å². The summed E-state index contributed by atoms with van der Waals surface area (Å²) in [7, 11) is 0. The second-order valence-corrected chi connectivity index (χ2v) is 6.18. The molecule has 3 fully saturated rings. The summed E-state index contributed by atoms with van der Waals surface area (Å²) in [6.45, 7) is 0. The molecule has 4 atom stereocenters. The molecule has 1 aromatic rings. The van der Waals surface area contributed by atoms with Crippen LogP contribution in [0.4, 0.5) is 0 Å². The Morgan fingerprint density at radius 3 is 1.93 bits per heavy atom. The van der Waals surface area contributed by atoms with E-state index >= 15 is 0 Å². The molecule has 0 aliphatic heterocycles. The zero-order valence-corrected chi connectivity index (χ0v) is 8.95. The zero-order valence-electron chi connectivity index (χ0n) is 8.95. The number of hydrogen-bond donors (Lipinski definition) is 0. The molecule has 3 saturated carbocycles. The standard InChI is InChI=1S/C15H16/c1-2-4-12-11(3-1)13-7-9-5-6-10-8-14(12)15(9,10)13/h1-4,9-10,13-14H,5-8H2. The number of hydrogen-bond acceptors (Lipinski definition) is 0. The van der Waals surface area contributed by atoms with E-state index in [0.29, 0.717) is 0 Å². The summed E-state index contributed by atoms with van der Waals surface area (Å²) < 4.78 is 0. The Labute approximate surface area is 90.7 Å². The third-order valence-corrected chi connectivity index (χ3v) is 6.27. The fraction of sp³-hybridized carbons (Fsp3) is 0.600. The van der Waals surface area contributed by atoms with Gasteiger partial charge in [-0.2, -0.15) is 0 Å². The second-order valence-electron chi connectivity index (χ2n) is 6.18. The van der Waals surface area contributed by atoms with Crippen LogP contribution >= 0.6 is 0 Å². The average molecular weight is 196 g/mol. The molecular weight excluding hydrogens is 180 g/mol. The van der Waals surface area contributed by atoms with Crippen LogP contribution in [-0.2, 0) is 0 Å². The molecule has 4 aliphatic rings. The van der Waals surface area contributed by atoms with Gasteiger partial charge in [0.15, 0.2) is 0 Å². The molecule has 0 saturated heterocycles. The molecule has 5 rings (SSSR count). The summed E-state index contributed by atoms with van der Waals surface area (Å²) in [6.07, 6.45) is 6.13. The second kappa shape index (κ2) is 2.03. The zero-order chi connectivity index (χ0) is 9.62. The highest BCUT2D eigenvalue weighted by Gasteiger charge is 2.74. The molecule has 0 radical (unpaired) electrons. The molecule has 0 nitrogen and oxygen atoms in total. The Hall–Kier alpha value is -0.780. The van der Waals surface area contributed by atoms with Gasteiger partial charge in [-0.05, 0) is 65.9 Å². The van der Waals surface area contributed by atoms with Crippen molar-refractivity contribution in [2.75, 3.05) is 0 Å². The molecule has 0 bridgehead atoms. The minimum absolute atomic E-state index is 0.809. The summed E-state index contributed by atoms with van der Waals surface area (Å²) in [5, 5.41) is 0. The van der Waals surface area contributed by atoms with Gasteiger partial charge in [-0.25, -0.2) is 0 Å². The minimum atomic E-state index is 0.809. The van der Waals surface area contributed by atoms with Crippen LogP contribution in [-0.4, -0.2) is 0 Å². The van der Waals surface area contributed by atoms with E-state index in [1.54, 1.807) is 24.0 Å². The van der Waals surface area contributed by atoms with Crippen LogP contribution in [0.3, 0.4) is 0 Å². The average Bonchev–Trinajstić information content (AvgIpc) is 2.51. The van der Waals surface area contributed by atoms with E-state index in [1.165, 1.54) is 12.8 Å². The molecule has 0 heteroatoms. The monoisotopic (exact) mass is 196 g/mol. The van der Waals surface area contributed by atoms with E-state index in [1.807, 2.05) is 0 Å². The highest BCUT2D eigenvalue weighted by atomic mass is 14.8. The van der Waals surface area contributed by atoms with Gasteiger partial charge in [-0.3, -0.25) is 0 Å². The normalized spacial score (nSPS) is 52.5. The van der Waals surface area contributed by atoms with Crippen LogP contribution in [0.2, 0.25) is 0 Å². The summed E-state index contributed by atoms with van der Waals surface area (Å²) in [5.74, 6) is 4.17. The van der Waals surface area contributed by atoms with Crippen molar-refractivity contribution in [3.8, 4) is 0 Å². The Bertz CT molecular complexity index is 416. The van der Waals surface area contributed by atoms with Crippen LogP contribution in [0.15, 0.2) is 24.3 Å². The van der Waals surface area contributed by atoms with Gasteiger partial charge < -0.3 is 0 Å². The lowest BCUT2D eigenvalue weighted by molar-refractivity contribution is -0.0989. The predicted molar refractivity (Wildman–Crippen MR) is 59.8 cm³/mol. The summed E-state index contributed by atoms with van der Waals surface area (Å²) in [6, 6.07) is 9.33. The third-order valence-electron chi connectivity index (χ3n) is 6.27. The van der Waals surface area contributed by atoms with Crippen molar-refractivity contribution >= 4 is 0 Å². The highest BCUT2D eigenvalue weighted by molar-refractivity contribution is 5.50. The molecule has 1 spiro atoms. The maximum atomic E-state index is 2.42. The van der Waals surface area contributed by atoms with Crippen molar-refractivity contribution in [3.63, 3.8) is 0 Å². The Balaban J connectivity index is 1.78. The van der Waals surface area contributed by atoms with Crippen molar-refractivity contribution in [1.82, 2.24) is 0 Å². The molecule has 0 N–H and O–H groups in total. The van der Waals surface area contributed by atoms with Gasteiger partial charge in [-0.1, -0.05) is 24.3 Å². The SMILES string of the molecule is c1ccc2c(c1)C1CC3CCC4CC2C341. The quantitative estimate of drug-likeness (QED) is 0.593. The van der Waals surface area contributed by atoms with Gasteiger partial charge >= 0.3 is 0 Å². The largest absolute Gasteiger partial charge is 0.0620 e. The van der Waals surface area contributed by atoms with Crippen molar-refractivity contribution in [1.29, 1.82) is 0 Å². The maximum Gasteiger partial charge on any atom is -0.00885 e. The highest BCUT2D eigenvalue weighted by Crippen LogP contribution is 2.84. The lowest BCUT2D eigenvalue weighted by atomic mass is 9.41. The summed E-state index contributed by atoms with van der Waals surface area (Å²) in [5.41, 5.74) is 4.29. The van der Waals surface area contributed by atoms with E-state index in [-0.39, 0.29) is 0 Å². The Kier molecular flexibility index (Phi) is 1.01. The van der Waals surface area contributed by atoms with E-state index in [4.69, 9.17) is 0 Å². The van der Waals surface area contributed by atoms with E-state index in [2.05, 4.69) is 24.3 Å². The first-order chi connectivity index (χ1) is 7.42. The predicted octanol–water partition coefficient (Wildman–Crippen LogP) is 3.69. The van der Waals surface area contributed by atoms with Crippen molar-refractivity contribution in [2.45, 2.75) is 37.5 Å². The summed E-state index contributed by atoms with van der Waals surface area (Å²) in [4.78, 5) is 0. The van der Waals surface area contributed by atoms with Crippen LogP contribution in [0, 0.1) is 17.3 Å². The van der Waals surface area contributed by atoms with Crippen molar-refractivity contribution in [2.24, 2.45) is 17.3 Å². The first kappa shape index (κ1) is 7.49. The fourth-order valence-corrected chi connectivity index (χ4v) is 5.86. The third kappa shape index (κ3) is 0.546. The Morgan fingerprint density at radius 1 is 0.867 bits per heavy atom. The molecule has 0 aromatic heterocycles. The van der Waals surface area contributed by atoms with Gasteiger partial charge in [-0.15, -0.1) is 0 Å². The van der Waals surface area contributed by atoms with E-state index in [9.17, 15) is 0 Å². The molecule has 0 heterocycles. The van der Waals surface area contributed by atoms with Gasteiger partial charge in [0, 0.05) is 0 Å². The maximum absolute atomic E-state index is 2.42. The molecule has 4 unspecified atom stereocenters. The van der Waals surface area contributed by atoms with Gasteiger partial charge in [0.05, 0.1) is 0 Å². The number of benzene rings is 1. The van der Waals surface area contributed by atoms with Crippen LogP contribution in [0.5, 0.6) is 0 Å². The molecule has 4 aliphatic carbocycles. The lowest BCUT2D eigenvalue weighted by Crippen LogP contribution is -2.54. The van der Waals surface area contributed by atoms with E-state index < -0.39 is 0 Å². The van der Waals surface area contributed by atoms with Gasteiger partial charge in [0.1, 0.15) is 0 Å². The smallest absolute Gasteiger partial charge is 0.00885 e. The topological polar surface area (TPSA) is 0 Å². The van der Waals surface area contributed by atoms with Crippen LogP contribution in [0.1, 0.15) is 48.6 Å². The summed E-state index contributed by atoms with van der Waals surface area (Å²) >= 11 is 0. The first-order valence-electron chi connectivity index (χ1n) is 6.51. The van der Waals surface area contributed by atoms with Gasteiger partial charge in [0.25, 0.3) is 0 Å². The lowest BCUT2D eigenvalue weighted by Gasteiger charge is -2.62. The Morgan fingerprint density at radius 2 is 1.40 bits per heavy atom. The molecule has 15 heavy (non-hydrogen) atoms.